The number of rotatable bonds is 4. The largest absolute Gasteiger partial charge is 0.488 e. The van der Waals surface area contributed by atoms with Crippen LogP contribution in [0.1, 0.15) is 15.9 Å². The van der Waals surface area contributed by atoms with E-state index in [9.17, 15) is 9.18 Å². The maximum Gasteiger partial charge on any atom is 0.488 e. The predicted octanol–water partition coefficient (Wildman–Crippen LogP) is 1.09. The van der Waals surface area contributed by atoms with E-state index in [-0.39, 0.29) is 28.4 Å². The summed E-state index contributed by atoms with van der Waals surface area (Å²) < 4.78 is 12.8. The molecule has 2 aromatic rings. The highest BCUT2D eigenvalue weighted by atomic mass is 35.5. The van der Waals surface area contributed by atoms with Crippen molar-refractivity contribution >= 4 is 30.1 Å². The van der Waals surface area contributed by atoms with Crippen LogP contribution < -0.4 is 10.8 Å². The number of carbonyl (C=O) groups is 1. The molecule has 0 aliphatic rings. The van der Waals surface area contributed by atoms with Gasteiger partial charge in [-0.15, -0.1) is 0 Å². The second kappa shape index (κ2) is 6.71. The monoisotopic (exact) mass is 307 g/mol. The zero-order chi connectivity index (χ0) is 15.4. The normalized spacial score (nSPS) is 10.3. The van der Waals surface area contributed by atoms with Crippen molar-refractivity contribution in [2.24, 2.45) is 0 Å². The highest BCUT2D eigenvalue weighted by Crippen LogP contribution is 2.14. The van der Waals surface area contributed by atoms with Gasteiger partial charge in [0.05, 0.1) is 10.6 Å². The fourth-order valence-corrected chi connectivity index (χ4v) is 1.96. The number of amides is 1. The van der Waals surface area contributed by atoms with E-state index in [2.05, 4.69) is 5.32 Å². The zero-order valence-corrected chi connectivity index (χ0v) is 11.6. The lowest BCUT2D eigenvalue weighted by atomic mass is 9.79. The van der Waals surface area contributed by atoms with Gasteiger partial charge in [-0.2, -0.15) is 0 Å². The van der Waals surface area contributed by atoms with Crippen molar-refractivity contribution in [3.05, 3.63) is 64.4 Å². The Bertz CT molecular complexity index is 649. The highest BCUT2D eigenvalue weighted by Gasteiger charge is 2.16. The quantitative estimate of drug-likeness (QED) is 0.741. The van der Waals surface area contributed by atoms with Crippen LogP contribution >= 0.6 is 11.6 Å². The Kier molecular flexibility index (Phi) is 4.96. The van der Waals surface area contributed by atoms with Crippen LogP contribution in [-0.4, -0.2) is 23.1 Å². The first-order valence-corrected chi connectivity index (χ1v) is 6.53. The van der Waals surface area contributed by atoms with Crippen molar-refractivity contribution in [1.82, 2.24) is 5.32 Å². The molecule has 2 aromatic carbocycles. The standard InChI is InChI=1S/C14H12BClFNO3/c16-13-6-3-10(15(20)21)7-12(13)14(19)18-8-9-1-4-11(17)5-2-9/h1-7,20-21H,8H2,(H,18,19). The maximum absolute atomic E-state index is 12.8. The second-order valence-electron chi connectivity index (χ2n) is 4.42. The summed E-state index contributed by atoms with van der Waals surface area (Å²) in [5, 5.41) is 21.0. The van der Waals surface area contributed by atoms with Crippen molar-refractivity contribution in [1.29, 1.82) is 0 Å². The maximum atomic E-state index is 12.8. The smallest absolute Gasteiger partial charge is 0.423 e. The summed E-state index contributed by atoms with van der Waals surface area (Å²) in [6.07, 6.45) is 0. The van der Waals surface area contributed by atoms with E-state index < -0.39 is 13.0 Å². The molecular formula is C14H12BClFNO3. The minimum atomic E-state index is -1.68. The summed E-state index contributed by atoms with van der Waals surface area (Å²) in [4.78, 5) is 12.0. The van der Waals surface area contributed by atoms with Crippen molar-refractivity contribution in [3.8, 4) is 0 Å². The fraction of sp³-hybridized carbons (Fsp3) is 0.0714. The van der Waals surface area contributed by atoms with Crippen molar-refractivity contribution in [2.75, 3.05) is 0 Å². The number of hydrogen-bond donors (Lipinski definition) is 3. The number of carbonyl (C=O) groups excluding carboxylic acids is 1. The Morgan fingerprint density at radius 2 is 1.86 bits per heavy atom. The molecule has 0 bridgehead atoms. The molecule has 0 saturated carbocycles. The molecule has 7 heteroatoms. The lowest BCUT2D eigenvalue weighted by molar-refractivity contribution is 0.0951. The molecule has 0 radical (unpaired) electrons. The Labute approximate surface area is 126 Å². The third-order valence-corrected chi connectivity index (χ3v) is 3.23. The zero-order valence-electron chi connectivity index (χ0n) is 10.9. The van der Waals surface area contributed by atoms with Gasteiger partial charge >= 0.3 is 7.12 Å². The van der Waals surface area contributed by atoms with Gasteiger partial charge in [-0.1, -0.05) is 29.8 Å². The minimum absolute atomic E-state index is 0.143. The third kappa shape index (κ3) is 4.04. The molecular weight excluding hydrogens is 295 g/mol. The number of halogens is 2. The van der Waals surface area contributed by atoms with Crippen LogP contribution in [0.2, 0.25) is 5.02 Å². The molecule has 3 N–H and O–H groups in total. The van der Waals surface area contributed by atoms with E-state index in [1.807, 2.05) is 0 Å². The van der Waals surface area contributed by atoms with Gasteiger partial charge in [0.1, 0.15) is 5.82 Å². The first-order chi connectivity index (χ1) is 9.97. The molecule has 0 saturated heterocycles. The summed E-state index contributed by atoms with van der Waals surface area (Å²) in [5.41, 5.74) is 1.05. The molecule has 2 rings (SSSR count). The Hall–Kier alpha value is -1.89. The second-order valence-corrected chi connectivity index (χ2v) is 4.83. The van der Waals surface area contributed by atoms with E-state index in [1.165, 1.54) is 30.3 Å². The minimum Gasteiger partial charge on any atom is -0.423 e. The van der Waals surface area contributed by atoms with Gasteiger partial charge in [0.25, 0.3) is 5.91 Å². The Balaban J connectivity index is 2.09. The fourth-order valence-electron chi connectivity index (χ4n) is 1.76. The molecule has 1 amide bonds. The average Bonchev–Trinajstić information content (AvgIpc) is 2.46. The van der Waals surface area contributed by atoms with Crippen molar-refractivity contribution in [3.63, 3.8) is 0 Å². The number of hydrogen-bond acceptors (Lipinski definition) is 3. The molecule has 0 aliphatic carbocycles. The molecule has 21 heavy (non-hydrogen) atoms. The van der Waals surface area contributed by atoms with Crippen LogP contribution in [0.3, 0.4) is 0 Å². The van der Waals surface area contributed by atoms with E-state index >= 15 is 0 Å². The van der Waals surface area contributed by atoms with Gasteiger partial charge in [-0.3, -0.25) is 4.79 Å². The first-order valence-electron chi connectivity index (χ1n) is 6.15. The molecule has 108 valence electrons. The molecule has 0 spiro atoms. The number of benzene rings is 2. The molecule has 0 aromatic heterocycles. The predicted molar refractivity (Wildman–Crippen MR) is 78.8 cm³/mol. The molecule has 0 unspecified atom stereocenters. The average molecular weight is 308 g/mol. The highest BCUT2D eigenvalue weighted by molar-refractivity contribution is 6.58. The Morgan fingerprint density at radius 3 is 2.48 bits per heavy atom. The Morgan fingerprint density at radius 1 is 1.19 bits per heavy atom. The van der Waals surface area contributed by atoms with Crippen molar-refractivity contribution in [2.45, 2.75) is 6.54 Å². The third-order valence-electron chi connectivity index (χ3n) is 2.90. The lowest BCUT2D eigenvalue weighted by Gasteiger charge is -2.09. The molecule has 0 atom stereocenters. The van der Waals surface area contributed by atoms with E-state index in [0.717, 1.165) is 5.56 Å². The summed E-state index contributed by atoms with van der Waals surface area (Å²) >= 11 is 5.92. The lowest BCUT2D eigenvalue weighted by Crippen LogP contribution is -2.32. The van der Waals surface area contributed by atoms with Crippen molar-refractivity contribution < 1.29 is 19.2 Å². The van der Waals surface area contributed by atoms with Crippen LogP contribution in [-0.2, 0) is 6.54 Å². The molecule has 4 nitrogen and oxygen atoms in total. The number of nitrogens with one attached hydrogen (secondary N) is 1. The molecule has 0 aliphatic heterocycles. The van der Waals surface area contributed by atoms with Gasteiger partial charge in [0, 0.05) is 6.54 Å². The SMILES string of the molecule is O=C(NCc1ccc(F)cc1)c1cc(B(O)O)ccc1Cl. The van der Waals surface area contributed by atoms with Gasteiger partial charge in [-0.25, -0.2) is 4.39 Å². The van der Waals surface area contributed by atoms with Gasteiger partial charge < -0.3 is 15.4 Å². The van der Waals surface area contributed by atoms with Gasteiger partial charge in [-0.05, 0) is 35.3 Å². The van der Waals surface area contributed by atoms with Crippen LogP contribution in [0.15, 0.2) is 42.5 Å². The first kappa shape index (κ1) is 15.5. The van der Waals surface area contributed by atoms with Gasteiger partial charge in [0.15, 0.2) is 0 Å². The van der Waals surface area contributed by atoms with Crippen LogP contribution in [0.4, 0.5) is 4.39 Å². The van der Waals surface area contributed by atoms with Crippen LogP contribution in [0.5, 0.6) is 0 Å². The van der Waals surface area contributed by atoms with Crippen LogP contribution in [0, 0.1) is 5.82 Å². The van der Waals surface area contributed by atoms with Gasteiger partial charge in [0.2, 0.25) is 0 Å². The topological polar surface area (TPSA) is 69.6 Å². The summed E-state index contributed by atoms with van der Waals surface area (Å²) in [5.74, 6) is -0.801. The molecule has 0 heterocycles. The van der Waals surface area contributed by atoms with E-state index in [4.69, 9.17) is 21.6 Å². The summed E-state index contributed by atoms with van der Waals surface area (Å²) in [6.45, 7) is 0.210. The van der Waals surface area contributed by atoms with E-state index in [0.29, 0.717) is 0 Å². The van der Waals surface area contributed by atoms with E-state index in [1.54, 1.807) is 12.1 Å². The summed E-state index contributed by atoms with van der Waals surface area (Å²) in [7, 11) is -1.68. The summed E-state index contributed by atoms with van der Waals surface area (Å²) in [6, 6.07) is 9.88. The molecule has 0 fully saturated rings. The van der Waals surface area contributed by atoms with Crippen LogP contribution in [0.25, 0.3) is 0 Å².